The molecule has 7 heteroatoms. The number of rotatable bonds is 10. The highest BCUT2D eigenvalue weighted by Gasteiger charge is 2.45. The van der Waals surface area contributed by atoms with Crippen LogP contribution in [0.2, 0.25) is 0 Å². The Morgan fingerprint density at radius 2 is 1.57 bits per heavy atom. The summed E-state index contributed by atoms with van der Waals surface area (Å²) >= 11 is 0. The Kier molecular flexibility index (Phi) is 9.90. The van der Waals surface area contributed by atoms with Crippen molar-refractivity contribution in [1.29, 1.82) is 0 Å². The Morgan fingerprint density at radius 3 is 2.19 bits per heavy atom. The van der Waals surface area contributed by atoms with Gasteiger partial charge in [-0.25, -0.2) is 8.78 Å². The third kappa shape index (κ3) is 7.34. The molecule has 3 aromatic carbocycles. The summed E-state index contributed by atoms with van der Waals surface area (Å²) in [4.78, 5) is 28.9. The lowest BCUT2D eigenvalue weighted by molar-refractivity contribution is -0.151. The van der Waals surface area contributed by atoms with Crippen LogP contribution < -0.4 is 10.2 Å². The van der Waals surface area contributed by atoms with Crippen molar-refractivity contribution in [2.24, 2.45) is 11.8 Å². The van der Waals surface area contributed by atoms with E-state index in [2.05, 4.69) is 10.2 Å². The highest BCUT2D eigenvalue weighted by atomic mass is 19.3. The molecule has 6 rings (SSSR count). The summed E-state index contributed by atoms with van der Waals surface area (Å²) in [5.41, 5.74) is 4.23. The first-order chi connectivity index (χ1) is 22.7. The molecule has 1 saturated carbocycles. The molecule has 2 atom stereocenters. The number of ether oxygens (including phenoxy) is 1. The molecule has 1 heterocycles. The minimum atomic E-state index is -2.79. The highest BCUT2D eigenvalue weighted by molar-refractivity contribution is 6.05. The largest absolute Gasteiger partial charge is 0.462 e. The van der Waals surface area contributed by atoms with Gasteiger partial charge in [-0.3, -0.25) is 9.59 Å². The van der Waals surface area contributed by atoms with Gasteiger partial charge in [0.25, 0.3) is 11.8 Å². The number of alkyl halides is 2. The topological polar surface area (TPSA) is 58.6 Å². The molecule has 3 aliphatic rings. The van der Waals surface area contributed by atoms with Crippen molar-refractivity contribution in [2.45, 2.75) is 76.2 Å². The van der Waals surface area contributed by atoms with E-state index in [0.717, 1.165) is 49.2 Å². The number of hydrogen-bond donors (Lipinski definition) is 1. The van der Waals surface area contributed by atoms with Crippen molar-refractivity contribution in [3.05, 3.63) is 119 Å². The van der Waals surface area contributed by atoms with E-state index in [0.29, 0.717) is 30.5 Å². The van der Waals surface area contributed by atoms with Crippen LogP contribution in [0.4, 0.5) is 20.2 Å². The minimum Gasteiger partial charge on any atom is -0.462 e. The van der Waals surface area contributed by atoms with Gasteiger partial charge in [-0.2, -0.15) is 0 Å². The number of nitrogens with zero attached hydrogens (tertiary/aromatic N) is 1. The summed E-state index contributed by atoms with van der Waals surface area (Å²) in [5, 5.41) is 3.03. The van der Waals surface area contributed by atoms with Gasteiger partial charge < -0.3 is 15.0 Å². The van der Waals surface area contributed by atoms with Gasteiger partial charge in [0.15, 0.2) is 0 Å². The Balaban J connectivity index is 1.07. The van der Waals surface area contributed by atoms with Crippen molar-refractivity contribution >= 4 is 23.3 Å². The standard InChI is InChI=1S/C40H44F2N2O3/c1-27(2)47-39(46)37(29-9-4-3-5-10-29)30-23-25-44(26-24-30)34-21-19-33(20-22-34)43-38(45)36-14-7-6-13-35(36)28-15-17-32(18-16-28)40(41,42)31-11-8-12-31/h3-7,9-10,13-15,17-22,27-28,30-31,37H,8,11-12,16,23-26H2,1-2H3,(H,43,45). The lowest BCUT2D eigenvalue weighted by Gasteiger charge is -2.37. The van der Waals surface area contributed by atoms with E-state index in [9.17, 15) is 18.4 Å². The van der Waals surface area contributed by atoms with Crippen LogP contribution in [0, 0.1) is 11.8 Å². The zero-order valence-electron chi connectivity index (χ0n) is 27.2. The van der Waals surface area contributed by atoms with E-state index in [1.165, 1.54) is 0 Å². The number of carbonyl (C=O) groups is 2. The molecule has 1 N–H and O–H groups in total. The molecule has 2 aliphatic carbocycles. The molecule has 0 spiro atoms. The lowest BCUT2D eigenvalue weighted by Crippen LogP contribution is -2.38. The number of carbonyl (C=O) groups excluding carboxylic acids is 2. The highest BCUT2D eigenvalue weighted by Crippen LogP contribution is 2.46. The van der Waals surface area contributed by atoms with Crippen LogP contribution in [0.3, 0.4) is 0 Å². The Morgan fingerprint density at radius 1 is 0.894 bits per heavy atom. The molecule has 1 saturated heterocycles. The second-order valence-electron chi connectivity index (χ2n) is 13.4. The summed E-state index contributed by atoms with van der Waals surface area (Å²) in [6, 6.07) is 25.2. The number of halogens is 2. The fourth-order valence-electron chi connectivity index (χ4n) is 7.14. The van der Waals surface area contributed by atoms with Gasteiger partial charge in [0.05, 0.1) is 12.0 Å². The van der Waals surface area contributed by atoms with Crippen LogP contribution in [0.15, 0.2) is 103 Å². The molecule has 1 amide bonds. The van der Waals surface area contributed by atoms with E-state index in [1.807, 2.05) is 92.7 Å². The molecule has 0 radical (unpaired) electrons. The SMILES string of the molecule is CC(C)OC(=O)C(c1ccccc1)C1CCN(c2ccc(NC(=O)c3ccccc3C3C=CC(C(F)(F)C4CCC4)=CC3)cc2)CC1. The van der Waals surface area contributed by atoms with Crippen LogP contribution in [0.25, 0.3) is 0 Å². The van der Waals surface area contributed by atoms with E-state index in [-0.39, 0.29) is 41.3 Å². The number of nitrogens with one attached hydrogen (secondary N) is 1. The minimum absolute atomic E-state index is 0.106. The summed E-state index contributed by atoms with van der Waals surface area (Å²) in [6.07, 6.45) is 9.08. The predicted octanol–water partition coefficient (Wildman–Crippen LogP) is 9.30. The first kappa shape index (κ1) is 32.7. The van der Waals surface area contributed by atoms with Crippen molar-refractivity contribution in [1.82, 2.24) is 0 Å². The number of esters is 1. The van der Waals surface area contributed by atoms with E-state index in [4.69, 9.17) is 4.74 Å². The molecule has 47 heavy (non-hydrogen) atoms. The number of hydrogen-bond acceptors (Lipinski definition) is 4. The number of anilines is 2. The van der Waals surface area contributed by atoms with Gasteiger partial charge in [0, 0.05) is 47.4 Å². The van der Waals surface area contributed by atoms with Crippen molar-refractivity contribution in [2.75, 3.05) is 23.3 Å². The molecule has 1 aliphatic heterocycles. The van der Waals surface area contributed by atoms with E-state index >= 15 is 0 Å². The second kappa shape index (κ2) is 14.2. The smallest absolute Gasteiger partial charge is 0.313 e. The maximum atomic E-state index is 14.9. The van der Waals surface area contributed by atoms with Crippen molar-refractivity contribution in [3.8, 4) is 0 Å². The summed E-state index contributed by atoms with van der Waals surface area (Å²) in [6.45, 7) is 5.41. The van der Waals surface area contributed by atoms with Gasteiger partial charge >= 0.3 is 5.97 Å². The van der Waals surface area contributed by atoms with Crippen LogP contribution in [-0.2, 0) is 9.53 Å². The third-order valence-corrected chi connectivity index (χ3v) is 9.97. The average Bonchev–Trinajstić information content (AvgIpc) is 3.05. The van der Waals surface area contributed by atoms with E-state index < -0.39 is 11.8 Å². The molecule has 3 aromatic rings. The molecule has 2 unspecified atom stereocenters. The fraction of sp³-hybridized carbons (Fsp3) is 0.400. The molecule has 0 aromatic heterocycles. The fourth-order valence-corrected chi connectivity index (χ4v) is 7.14. The Labute approximate surface area is 276 Å². The number of piperidine rings is 1. The Hall–Kier alpha value is -4.26. The van der Waals surface area contributed by atoms with Gasteiger partial charge in [0.1, 0.15) is 0 Å². The maximum absolute atomic E-state index is 14.9. The zero-order chi connectivity index (χ0) is 33.0. The first-order valence-electron chi connectivity index (χ1n) is 17.0. The monoisotopic (exact) mass is 638 g/mol. The molecular weight excluding hydrogens is 594 g/mol. The molecule has 2 fully saturated rings. The van der Waals surface area contributed by atoms with Crippen molar-refractivity contribution < 1.29 is 23.1 Å². The number of amides is 1. The quantitative estimate of drug-likeness (QED) is 0.225. The van der Waals surface area contributed by atoms with Crippen LogP contribution in [-0.4, -0.2) is 37.0 Å². The molecule has 0 bridgehead atoms. The van der Waals surface area contributed by atoms with Gasteiger partial charge in [0.2, 0.25) is 0 Å². The number of benzene rings is 3. The summed E-state index contributed by atoms with van der Waals surface area (Å²) in [7, 11) is 0. The summed E-state index contributed by atoms with van der Waals surface area (Å²) in [5.74, 6) is -3.95. The lowest BCUT2D eigenvalue weighted by atomic mass is 9.76. The molecular formula is C40H44F2N2O3. The van der Waals surface area contributed by atoms with Crippen LogP contribution in [0.5, 0.6) is 0 Å². The number of allylic oxidation sites excluding steroid dienone is 4. The third-order valence-electron chi connectivity index (χ3n) is 9.97. The second-order valence-corrected chi connectivity index (χ2v) is 13.4. The molecule has 246 valence electrons. The maximum Gasteiger partial charge on any atom is 0.313 e. The van der Waals surface area contributed by atoms with E-state index in [1.54, 1.807) is 18.2 Å². The normalized spacial score (nSPS) is 19.6. The average molecular weight is 639 g/mol. The van der Waals surface area contributed by atoms with Crippen molar-refractivity contribution in [3.63, 3.8) is 0 Å². The van der Waals surface area contributed by atoms with Crippen LogP contribution >= 0.6 is 0 Å². The van der Waals surface area contributed by atoms with Crippen LogP contribution in [0.1, 0.15) is 85.7 Å². The van der Waals surface area contributed by atoms with Gasteiger partial charge in [-0.1, -0.05) is 73.2 Å². The van der Waals surface area contributed by atoms with Gasteiger partial charge in [-0.15, -0.1) is 0 Å². The first-order valence-corrected chi connectivity index (χ1v) is 17.0. The predicted molar refractivity (Wildman–Crippen MR) is 183 cm³/mol. The summed E-state index contributed by atoms with van der Waals surface area (Å²) < 4.78 is 35.4. The zero-order valence-corrected chi connectivity index (χ0v) is 27.2. The van der Waals surface area contributed by atoms with Gasteiger partial charge in [-0.05, 0) is 93.3 Å². The Bertz CT molecular complexity index is 1600. The molecule has 5 nitrogen and oxygen atoms in total.